The Bertz CT molecular complexity index is 550. The molecule has 2 N–H and O–H groups in total. The molecule has 1 aliphatic heterocycles. The molecule has 0 spiro atoms. The summed E-state index contributed by atoms with van der Waals surface area (Å²) >= 11 is 0. The highest BCUT2D eigenvalue weighted by atomic mass is 16.5. The lowest BCUT2D eigenvalue weighted by molar-refractivity contribution is 0.415. The Hall–Kier alpha value is -1.81. The van der Waals surface area contributed by atoms with Crippen LogP contribution in [0.5, 0.6) is 5.75 Å². The molecule has 0 amide bonds. The highest BCUT2D eigenvalue weighted by molar-refractivity contribution is 5.91. The molecule has 1 fully saturated rings. The number of nitrogens with one attached hydrogen (secondary N) is 2. The first kappa shape index (κ1) is 11.3. The first-order chi connectivity index (χ1) is 8.86. The van der Waals surface area contributed by atoms with Gasteiger partial charge in [0.25, 0.3) is 0 Å². The molecule has 0 radical (unpaired) electrons. The first-order valence-electron chi connectivity index (χ1n) is 6.27. The molecule has 4 heteroatoms. The van der Waals surface area contributed by atoms with E-state index in [1.807, 2.05) is 24.4 Å². The average molecular weight is 243 g/mol. The van der Waals surface area contributed by atoms with Crippen LogP contribution in [-0.2, 0) is 0 Å². The Morgan fingerprint density at radius 3 is 3.11 bits per heavy atom. The molecule has 0 aliphatic carbocycles. The average Bonchev–Trinajstić information content (AvgIpc) is 2.91. The summed E-state index contributed by atoms with van der Waals surface area (Å²) in [4.78, 5) is 4.39. The predicted octanol–water partition coefficient (Wildman–Crippen LogP) is 2.02. The number of rotatable bonds is 3. The van der Waals surface area contributed by atoms with E-state index in [0.717, 1.165) is 35.4 Å². The van der Waals surface area contributed by atoms with Crippen molar-refractivity contribution in [3.05, 3.63) is 30.5 Å². The van der Waals surface area contributed by atoms with E-state index in [4.69, 9.17) is 4.74 Å². The number of hydrogen-bond donors (Lipinski definition) is 2. The van der Waals surface area contributed by atoms with Gasteiger partial charge >= 0.3 is 0 Å². The van der Waals surface area contributed by atoms with Crippen LogP contribution in [0.4, 0.5) is 5.69 Å². The topological polar surface area (TPSA) is 46.2 Å². The van der Waals surface area contributed by atoms with Crippen molar-refractivity contribution in [3.63, 3.8) is 0 Å². The van der Waals surface area contributed by atoms with Gasteiger partial charge in [0.05, 0.1) is 12.6 Å². The molecule has 1 saturated heterocycles. The zero-order valence-electron chi connectivity index (χ0n) is 10.4. The molecule has 94 valence electrons. The molecule has 1 atom stereocenters. The van der Waals surface area contributed by atoms with E-state index in [1.165, 1.54) is 6.42 Å². The Labute approximate surface area is 106 Å². The molecule has 1 aliphatic rings. The summed E-state index contributed by atoms with van der Waals surface area (Å²) < 4.78 is 5.23. The summed E-state index contributed by atoms with van der Waals surface area (Å²) in [6, 6.07) is 8.55. The zero-order chi connectivity index (χ0) is 12.4. The summed E-state index contributed by atoms with van der Waals surface area (Å²) in [5.74, 6) is 0.842. The fraction of sp³-hybridized carbons (Fsp3) is 0.357. The number of methoxy groups -OCH3 is 1. The van der Waals surface area contributed by atoms with Gasteiger partial charge in [0, 0.05) is 35.9 Å². The van der Waals surface area contributed by atoms with Crippen LogP contribution in [-0.4, -0.2) is 31.2 Å². The van der Waals surface area contributed by atoms with Gasteiger partial charge in [-0.05, 0) is 31.2 Å². The molecule has 4 nitrogen and oxygen atoms in total. The minimum atomic E-state index is 0.512. The predicted molar refractivity (Wildman–Crippen MR) is 73.2 cm³/mol. The van der Waals surface area contributed by atoms with Gasteiger partial charge in [-0.25, -0.2) is 0 Å². The van der Waals surface area contributed by atoms with Crippen molar-refractivity contribution in [3.8, 4) is 5.75 Å². The van der Waals surface area contributed by atoms with Crippen LogP contribution >= 0.6 is 0 Å². The standard InChI is InChI=1S/C14H17N3O/c1-18-11-2-3-12-13(5-7-16-14(12)8-11)17-10-4-6-15-9-10/h2-3,5,7-8,10,15H,4,6,9H2,1H3,(H,16,17)/t10-/m1/s1. The Kier molecular flexibility index (Phi) is 3.02. The summed E-state index contributed by atoms with van der Waals surface area (Å²) in [5, 5.41) is 8.08. The van der Waals surface area contributed by atoms with Crippen molar-refractivity contribution in [2.24, 2.45) is 0 Å². The van der Waals surface area contributed by atoms with Gasteiger partial charge in [0.15, 0.2) is 0 Å². The van der Waals surface area contributed by atoms with Crippen LogP contribution in [0.15, 0.2) is 30.5 Å². The summed E-state index contributed by atoms with van der Waals surface area (Å²) in [7, 11) is 1.67. The Morgan fingerprint density at radius 1 is 1.39 bits per heavy atom. The van der Waals surface area contributed by atoms with E-state index in [1.54, 1.807) is 7.11 Å². The van der Waals surface area contributed by atoms with Crippen molar-refractivity contribution in [2.75, 3.05) is 25.5 Å². The van der Waals surface area contributed by atoms with Crippen LogP contribution in [0, 0.1) is 0 Å². The van der Waals surface area contributed by atoms with Crippen LogP contribution in [0.2, 0.25) is 0 Å². The van der Waals surface area contributed by atoms with Gasteiger partial charge < -0.3 is 15.4 Å². The molecule has 2 aromatic rings. The molecule has 1 aromatic heterocycles. The highest BCUT2D eigenvalue weighted by Crippen LogP contribution is 2.26. The Balaban J connectivity index is 1.95. The molecule has 0 bridgehead atoms. The van der Waals surface area contributed by atoms with Crippen molar-refractivity contribution in [1.82, 2.24) is 10.3 Å². The summed E-state index contributed by atoms with van der Waals surface area (Å²) in [6.45, 7) is 2.12. The highest BCUT2D eigenvalue weighted by Gasteiger charge is 2.15. The maximum atomic E-state index is 5.23. The molecule has 3 rings (SSSR count). The van der Waals surface area contributed by atoms with Crippen LogP contribution in [0.3, 0.4) is 0 Å². The van der Waals surface area contributed by atoms with E-state index in [0.29, 0.717) is 6.04 Å². The maximum absolute atomic E-state index is 5.23. The van der Waals surface area contributed by atoms with Crippen molar-refractivity contribution >= 4 is 16.6 Å². The smallest absolute Gasteiger partial charge is 0.121 e. The van der Waals surface area contributed by atoms with Gasteiger partial charge in [-0.1, -0.05) is 0 Å². The molecular weight excluding hydrogens is 226 g/mol. The lowest BCUT2D eigenvalue weighted by Crippen LogP contribution is -2.22. The monoisotopic (exact) mass is 243 g/mol. The van der Waals surface area contributed by atoms with Crippen molar-refractivity contribution < 1.29 is 4.74 Å². The number of hydrogen-bond acceptors (Lipinski definition) is 4. The van der Waals surface area contributed by atoms with Gasteiger partial charge in [-0.2, -0.15) is 0 Å². The largest absolute Gasteiger partial charge is 0.497 e. The Morgan fingerprint density at radius 2 is 2.33 bits per heavy atom. The van der Waals surface area contributed by atoms with Crippen LogP contribution in [0.1, 0.15) is 6.42 Å². The van der Waals surface area contributed by atoms with E-state index < -0.39 is 0 Å². The van der Waals surface area contributed by atoms with Crippen molar-refractivity contribution in [1.29, 1.82) is 0 Å². The number of aromatic nitrogens is 1. The quantitative estimate of drug-likeness (QED) is 0.865. The van der Waals surface area contributed by atoms with Gasteiger partial charge in [0.2, 0.25) is 0 Å². The second-order valence-corrected chi connectivity index (χ2v) is 4.58. The third kappa shape index (κ3) is 2.11. The number of anilines is 1. The minimum Gasteiger partial charge on any atom is -0.497 e. The SMILES string of the molecule is COc1ccc2c(N[C@@H]3CCNC3)ccnc2c1. The number of benzene rings is 1. The number of fused-ring (bicyclic) bond motifs is 1. The fourth-order valence-electron chi connectivity index (χ4n) is 2.38. The molecule has 2 heterocycles. The maximum Gasteiger partial charge on any atom is 0.121 e. The lowest BCUT2D eigenvalue weighted by Gasteiger charge is -2.15. The lowest BCUT2D eigenvalue weighted by atomic mass is 10.1. The number of nitrogens with zero attached hydrogens (tertiary/aromatic N) is 1. The molecular formula is C14H17N3O. The third-order valence-electron chi connectivity index (χ3n) is 3.37. The molecule has 0 saturated carbocycles. The molecule has 1 aromatic carbocycles. The number of pyridine rings is 1. The van der Waals surface area contributed by atoms with E-state index in [-0.39, 0.29) is 0 Å². The first-order valence-corrected chi connectivity index (χ1v) is 6.27. The molecule has 18 heavy (non-hydrogen) atoms. The van der Waals surface area contributed by atoms with Gasteiger partial charge in [0.1, 0.15) is 5.75 Å². The third-order valence-corrected chi connectivity index (χ3v) is 3.37. The van der Waals surface area contributed by atoms with E-state index >= 15 is 0 Å². The van der Waals surface area contributed by atoms with Crippen LogP contribution < -0.4 is 15.4 Å². The van der Waals surface area contributed by atoms with Crippen molar-refractivity contribution in [2.45, 2.75) is 12.5 Å². The minimum absolute atomic E-state index is 0.512. The summed E-state index contributed by atoms with van der Waals surface area (Å²) in [6.07, 6.45) is 3.01. The zero-order valence-corrected chi connectivity index (χ0v) is 10.4. The van der Waals surface area contributed by atoms with E-state index in [9.17, 15) is 0 Å². The normalized spacial score (nSPS) is 19.1. The fourth-order valence-corrected chi connectivity index (χ4v) is 2.38. The van der Waals surface area contributed by atoms with Gasteiger partial charge in [-0.15, -0.1) is 0 Å². The summed E-state index contributed by atoms with van der Waals surface area (Å²) in [5.41, 5.74) is 2.11. The second kappa shape index (κ2) is 4.82. The molecule has 0 unspecified atom stereocenters. The van der Waals surface area contributed by atoms with Crippen LogP contribution in [0.25, 0.3) is 10.9 Å². The number of ether oxygens (including phenoxy) is 1. The second-order valence-electron chi connectivity index (χ2n) is 4.58. The van der Waals surface area contributed by atoms with Gasteiger partial charge in [-0.3, -0.25) is 4.98 Å². The van der Waals surface area contributed by atoms with E-state index in [2.05, 4.69) is 21.7 Å².